The summed E-state index contributed by atoms with van der Waals surface area (Å²) in [5, 5.41) is 1.25. The highest BCUT2D eigenvalue weighted by molar-refractivity contribution is 7.18. The van der Waals surface area contributed by atoms with Crippen LogP contribution in [0.25, 0.3) is 10.2 Å². The average Bonchev–Trinajstić information content (AvgIpc) is 3.31. The Morgan fingerprint density at radius 2 is 2.07 bits per heavy atom. The Morgan fingerprint density at radius 1 is 1.26 bits per heavy atom. The normalized spacial score (nSPS) is 24.6. The molecule has 0 saturated carbocycles. The lowest BCUT2D eigenvalue weighted by molar-refractivity contribution is -0.0494. The van der Waals surface area contributed by atoms with E-state index in [1.165, 1.54) is 42.6 Å². The number of hydrogen-bond donors (Lipinski definition) is 0. The predicted octanol–water partition coefficient (Wildman–Crippen LogP) is 3.58. The first-order valence-corrected chi connectivity index (χ1v) is 11.3. The Morgan fingerprint density at radius 3 is 2.85 bits per heavy atom. The molecule has 0 amide bonds. The summed E-state index contributed by atoms with van der Waals surface area (Å²) in [4.78, 5) is 17.0. The second-order valence-electron chi connectivity index (χ2n) is 8.75. The number of likely N-dealkylation sites (tertiary alicyclic amines) is 1. The van der Waals surface area contributed by atoms with Gasteiger partial charge < -0.3 is 9.64 Å². The van der Waals surface area contributed by atoms with Crippen LogP contribution in [0.5, 0.6) is 0 Å². The van der Waals surface area contributed by atoms with Crippen LogP contribution in [-0.2, 0) is 11.2 Å². The minimum atomic E-state index is 0.473. The van der Waals surface area contributed by atoms with Crippen LogP contribution in [0.15, 0.2) is 12.4 Å². The van der Waals surface area contributed by atoms with Gasteiger partial charge in [0.2, 0.25) is 0 Å². The summed E-state index contributed by atoms with van der Waals surface area (Å²) in [6, 6.07) is 3.00. The molecule has 146 valence electrons. The van der Waals surface area contributed by atoms with Crippen LogP contribution in [0.2, 0.25) is 0 Å². The number of ether oxygens (including phenoxy) is 1. The van der Waals surface area contributed by atoms with Crippen LogP contribution in [0.3, 0.4) is 0 Å². The summed E-state index contributed by atoms with van der Waals surface area (Å²) in [7, 11) is 0. The second-order valence-corrected chi connectivity index (χ2v) is 9.86. The van der Waals surface area contributed by atoms with Crippen LogP contribution in [0.1, 0.15) is 38.0 Å². The van der Waals surface area contributed by atoms with Gasteiger partial charge in [-0.25, -0.2) is 9.97 Å². The molecule has 1 unspecified atom stereocenters. The summed E-state index contributed by atoms with van der Waals surface area (Å²) in [5.41, 5.74) is 0.473. The van der Waals surface area contributed by atoms with E-state index in [9.17, 15) is 0 Å². The van der Waals surface area contributed by atoms with Gasteiger partial charge in [0.15, 0.2) is 0 Å². The summed E-state index contributed by atoms with van der Waals surface area (Å²) in [6.07, 6.45) is 6.57. The SMILES string of the molecule is CCc1cc2c(N3CCC4(C3)CN(C(C)C3CCOCC3)C4)ncnc2s1. The molecule has 6 heteroatoms. The smallest absolute Gasteiger partial charge is 0.140 e. The third kappa shape index (κ3) is 3.15. The highest BCUT2D eigenvalue weighted by atomic mass is 32.1. The maximum Gasteiger partial charge on any atom is 0.140 e. The minimum absolute atomic E-state index is 0.473. The molecule has 1 spiro atoms. The van der Waals surface area contributed by atoms with E-state index in [1.807, 2.05) is 11.3 Å². The van der Waals surface area contributed by atoms with Gasteiger partial charge in [-0.05, 0) is 44.6 Å². The van der Waals surface area contributed by atoms with Gasteiger partial charge in [-0.2, -0.15) is 0 Å². The molecule has 0 radical (unpaired) electrons. The van der Waals surface area contributed by atoms with E-state index in [2.05, 4.69) is 39.7 Å². The van der Waals surface area contributed by atoms with E-state index < -0.39 is 0 Å². The van der Waals surface area contributed by atoms with Crippen molar-refractivity contribution in [2.45, 2.75) is 45.6 Å². The first-order valence-electron chi connectivity index (χ1n) is 10.5. The third-order valence-electron chi connectivity index (χ3n) is 7.05. The van der Waals surface area contributed by atoms with Gasteiger partial charge in [-0.15, -0.1) is 11.3 Å². The number of anilines is 1. The summed E-state index contributed by atoms with van der Waals surface area (Å²) in [5.74, 6) is 1.97. The van der Waals surface area contributed by atoms with Crippen molar-refractivity contribution >= 4 is 27.4 Å². The van der Waals surface area contributed by atoms with Crippen molar-refractivity contribution in [3.8, 4) is 0 Å². The van der Waals surface area contributed by atoms with Crippen LogP contribution in [-0.4, -0.2) is 60.3 Å². The molecule has 3 aliphatic heterocycles. The van der Waals surface area contributed by atoms with E-state index in [4.69, 9.17) is 4.74 Å². The Labute approximate surface area is 165 Å². The molecule has 2 aromatic heterocycles. The predicted molar refractivity (Wildman–Crippen MR) is 111 cm³/mol. The van der Waals surface area contributed by atoms with Gasteiger partial charge in [0.25, 0.3) is 0 Å². The lowest BCUT2D eigenvalue weighted by Gasteiger charge is -2.53. The Hall–Kier alpha value is -1.24. The van der Waals surface area contributed by atoms with E-state index in [1.54, 1.807) is 6.33 Å². The Balaban J connectivity index is 1.27. The van der Waals surface area contributed by atoms with E-state index >= 15 is 0 Å². The zero-order valence-electron chi connectivity index (χ0n) is 16.5. The zero-order valence-corrected chi connectivity index (χ0v) is 17.3. The molecule has 0 aliphatic carbocycles. The molecule has 0 aromatic carbocycles. The summed E-state index contributed by atoms with van der Waals surface area (Å²) in [6.45, 7) is 11.3. The van der Waals surface area contributed by atoms with Gasteiger partial charge in [0, 0.05) is 55.7 Å². The summed E-state index contributed by atoms with van der Waals surface area (Å²) < 4.78 is 5.55. The molecule has 3 aliphatic rings. The van der Waals surface area contributed by atoms with Crippen LogP contribution < -0.4 is 4.90 Å². The van der Waals surface area contributed by atoms with Crippen LogP contribution in [0.4, 0.5) is 5.82 Å². The molecule has 3 fully saturated rings. The van der Waals surface area contributed by atoms with Crippen molar-refractivity contribution in [2.24, 2.45) is 11.3 Å². The second kappa shape index (κ2) is 6.98. The molecular weight excluding hydrogens is 356 g/mol. The lowest BCUT2D eigenvalue weighted by Crippen LogP contribution is -2.61. The number of fused-ring (bicyclic) bond motifs is 1. The molecule has 0 bridgehead atoms. The van der Waals surface area contributed by atoms with Crippen molar-refractivity contribution in [2.75, 3.05) is 44.3 Å². The average molecular weight is 387 g/mol. The molecule has 5 heterocycles. The molecular formula is C21H30N4OS. The quantitative estimate of drug-likeness (QED) is 0.803. The fourth-order valence-electron chi connectivity index (χ4n) is 5.29. The van der Waals surface area contributed by atoms with Crippen molar-refractivity contribution < 1.29 is 4.74 Å². The first-order chi connectivity index (χ1) is 13.2. The van der Waals surface area contributed by atoms with Crippen molar-refractivity contribution in [3.05, 3.63) is 17.3 Å². The summed E-state index contributed by atoms with van der Waals surface area (Å²) >= 11 is 1.81. The Kier molecular flexibility index (Phi) is 4.61. The van der Waals surface area contributed by atoms with Gasteiger partial charge in [-0.1, -0.05) is 6.92 Å². The van der Waals surface area contributed by atoms with Crippen LogP contribution >= 0.6 is 11.3 Å². The number of nitrogens with zero attached hydrogens (tertiary/aromatic N) is 4. The first kappa shape index (κ1) is 17.8. The number of aryl methyl sites for hydroxylation is 1. The Bertz CT molecular complexity index is 810. The molecule has 1 atom stereocenters. The fraction of sp³-hybridized carbons (Fsp3) is 0.714. The molecule has 5 rings (SSSR count). The fourth-order valence-corrected chi connectivity index (χ4v) is 6.22. The van der Waals surface area contributed by atoms with E-state index in [0.717, 1.165) is 49.3 Å². The molecule has 27 heavy (non-hydrogen) atoms. The van der Waals surface area contributed by atoms with E-state index in [0.29, 0.717) is 11.5 Å². The largest absolute Gasteiger partial charge is 0.381 e. The number of rotatable bonds is 4. The maximum absolute atomic E-state index is 5.55. The molecule has 0 N–H and O–H groups in total. The van der Waals surface area contributed by atoms with Crippen molar-refractivity contribution in [3.63, 3.8) is 0 Å². The molecule has 5 nitrogen and oxygen atoms in total. The molecule has 3 saturated heterocycles. The standard InChI is InChI=1S/C21H30N4OS/c1-3-17-10-18-19(22-14-23-20(18)27-17)24-7-6-21(11-24)12-25(13-21)15(2)16-4-8-26-9-5-16/h10,14-16H,3-9,11-13H2,1-2H3. The van der Waals surface area contributed by atoms with Gasteiger partial charge in [0.1, 0.15) is 17.0 Å². The number of thiophene rings is 1. The zero-order chi connectivity index (χ0) is 18.4. The van der Waals surface area contributed by atoms with Gasteiger partial charge >= 0.3 is 0 Å². The molecule has 2 aromatic rings. The highest BCUT2D eigenvalue weighted by Crippen LogP contribution is 2.44. The number of aromatic nitrogens is 2. The number of hydrogen-bond acceptors (Lipinski definition) is 6. The van der Waals surface area contributed by atoms with Crippen molar-refractivity contribution in [1.82, 2.24) is 14.9 Å². The highest BCUT2D eigenvalue weighted by Gasteiger charge is 2.50. The van der Waals surface area contributed by atoms with Crippen molar-refractivity contribution in [1.29, 1.82) is 0 Å². The maximum atomic E-state index is 5.55. The lowest BCUT2D eigenvalue weighted by atomic mass is 9.76. The monoisotopic (exact) mass is 386 g/mol. The minimum Gasteiger partial charge on any atom is -0.381 e. The topological polar surface area (TPSA) is 41.5 Å². The van der Waals surface area contributed by atoms with Gasteiger partial charge in [-0.3, -0.25) is 4.90 Å². The van der Waals surface area contributed by atoms with Gasteiger partial charge in [0.05, 0.1) is 5.39 Å². The van der Waals surface area contributed by atoms with Crippen LogP contribution in [0, 0.1) is 11.3 Å². The third-order valence-corrected chi connectivity index (χ3v) is 8.23. The van der Waals surface area contributed by atoms with E-state index in [-0.39, 0.29) is 0 Å².